The zero-order valence-corrected chi connectivity index (χ0v) is 11.8. The third kappa shape index (κ3) is 3.28. The summed E-state index contributed by atoms with van der Waals surface area (Å²) < 4.78 is 0. The van der Waals surface area contributed by atoms with Gasteiger partial charge in [0.05, 0.1) is 5.92 Å². The molecule has 0 bridgehead atoms. The van der Waals surface area contributed by atoms with Gasteiger partial charge in [0, 0.05) is 18.5 Å². The number of carboxylic acid groups (broad SMARTS) is 1. The van der Waals surface area contributed by atoms with E-state index in [1.807, 2.05) is 0 Å². The number of amides is 1. The molecule has 2 aliphatic rings. The van der Waals surface area contributed by atoms with Crippen LogP contribution in [-0.4, -0.2) is 34.5 Å². The number of nitrogens with zero attached hydrogens (tertiary/aromatic N) is 1. The minimum Gasteiger partial charge on any atom is -0.481 e. The van der Waals surface area contributed by atoms with E-state index < -0.39 is 5.97 Å². The van der Waals surface area contributed by atoms with E-state index in [1.54, 1.807) is 0 Å². The Hall–Kier alpha value is -1.06. The van der Waals surface area contributed by atoms with Crippen LogP contribution in [0.25, 0.3) is 0 Å². The number of rotatable bonds is 3. The molecule has 2 fully saturated rings. The maximum Gasteiger partial charge on any atom is 0.306 e. The zero-order valence-electron chi connectivity index (χ0n) is 11.8. The molecule has 1 aliphatic carbocycles. The summed E-state index contributed by atoms with van der Waals surface area (Å²) in [7, 11) is 0. The van der Waals surface area contributed by atoms with Gasteiger partial charge in [-0.05, 0) is 51.4 Å². The predicted octanol–water partition coefficient (Wildman–Crippen LogP) is 2.67. The van der Waals surface area contributed by atoms with Crippen molar-refractivity contribution in [3.8, 4) is 0 Å². The summed E-state index contributed by atoms with van der Waals surface area (Å²) in [6, 6.07) is 0.415. The van der Waals surface area contributed by atoms with Crippen LogP contribution in [0.1, 0.15) is 58.3 Å². The van der Waals surface area contributed by atoms with Crippen molar-refractivity contribution in [2.75, 3.05) is 6.54 Å². The molecular weight excluding hydrogens is 242 g/mol. The van der Waals surface area contributed by atoms with E-state index in [0.717, 1.165) is 38.6 Å². The Labute approximate surface area is 115 Å². The largest absolute Gasteiger partial charge is 0.481 e. The molecule has 4 heteroatoms. The number of carbonyl (C=O) groups is 2. The molecule has 0 aromatic carbocycles. The summed E-state index contributed by atoms with van der Waals surface area (Å²) in [6.45, 7) is 3.05. The van der Waals surface area contributed by atoms with Crippen LogP contribution >= 0.6 is 0 Å². The fourth-order valence-electron chi connectivity index (χ4n) is 3.54. The van der Waals surface area contributed by atoms with E-state index in [1.165, 1.54) is 6.42 Å². The molecule has 1 N–H and O–H groups in total. The van der Waals surface area contributed by atoms with Gasteiger partial charge in [0.1, 0.15) is 0 Å². The van der Waals surface area contributed by atoms with E-state index in [2.05, 4.69) is 11.8 Å². The van der Waals surface area contributed by atoms with Gasteiger partial charge in [-0.1, -0.05) is 6.92 Å². The van der Waals surface area contributed by atoms with Gasteiger partial charge in [-0.15, -0.1) is 0 Å². The quantitative estimate of drug-likeness (QED) is 0.855. The molecule has 1 amide bonds. The summed E-state index contributed by atoms with van der Waals surface area (Å²) in [4.78, 5) is 25.6. The first-order valence-corrected chi connectivity index (χ1v) is 7.66. The van der Waals surface area contributed by atoms with Gasteiger partial charge in [-0.3, -0.25) is 9.59 Å². The SMILES string of the molecule is CCC1CCCCN1C(=O)C1CCC(C(=O)O)CC1. The number of likely N-dealkylation sites (tertiary alicyclic amines) is 1. The van der Waals surface area contributed by atoms with E-state index in [9.17, 15) is 9.59 Å². The Morgan fingerprint density at radius 1 is 1.05 bits per heavy atom. The van der Waals surface area contributed by atoms with Crippen molar-refractivity contribution in [2.24, 2.45) is 11.8 Å². The smallest absolute Gasteiger partial charge is 0.306 e. The van der Waals surface area contributed by atoms with Gasteiger partial charge in [-0.2, -0.15) is 0 Å². The zero-order chi connectivity index (χ0) is 13.8. The Morgan fingerprint density at radius 3 is 2.26 bits per heavy atom. The second kappa shape index (κ2) is 6.40. The molecule has 108 valence electrons. The fraction of sp³-hybridized carbons (Fsp3) is 0.867. The molecule has 1 atom stereocenters. The van der Waals surface area contributed by atoms with Gasteiger partial charge in [0.25, 0.3) is 0 Å². The Balaban J connectivity index is 1.91. The number of piperidine rings is 1. The first-order valence-electron chi connectivity index (χ1n) is 7.66. The average Bonchev–Trinajstić information content (AvgIpc) is 2.46. The van der Waals surface area contributed by atoms with Gasteiger partial charge < -0.3 is 10.0 Å². The van der Waals surface area contributed by atoms with Crippen molar-refractivity contribution < 1.29 is 14.7 Å². The maximum atomic E-state index is 12.6. The molecule has 0 aromatic rings. The first-order chi connectivity index (χ1) is 9.13. The molecule has 1 saturated carbocycles. The van der Waals surface area contributed by atoms with Crippen molar-refractivity contribution in [3.63, 3.8) is 0 Å². The second-order valence-electron chi connectivity index (χ2n) is 5.98. The standard InChI is InChI=1S/C15H25NO3/c1-2-13-5-3-4-10-16(13)14(17)11-6-8-12(9-7-11)15(18)19/h11-13H,2-10H2,1H3,(H,18,19). The number of carbonyl (C=O) groups excluding carboxylic acids is 1. The van der Waals surface area contributed by atoms with Crippen LogP contribution in [0.5, 0.6) is 0 Å². The van der Waals surface area contributed by atoms with Gasteiger partial charge in [0.15, 0.2) is 0 Å². The fourth-order valence-corrected chi connectivity index (χ4v) is 3.54. The van der Waals surface area contributed by atoms with Gasteiger partial charge in [-0.25, -0.2) is 0 Å². The highest BCUT2D eigenvalue weighted by atomic mass is 16.4. The highest BCUT2D eigenvalue weighted by Crippen LogP contribution is 2.32. The van der Waals surface area contributed by atoms with Crippen LogP contribution in [0, 0.1) is 11.8 Å². The molecule has 0 aromatic heterocycles. The Kier molecular flexibility index (Phi) is 4.83. The molecule has 0 spiro atoms. The van der Waals surface area contributed by atoms with Crippen molar-refractivity contribution in [2.45, 2.75) is 64.3 Å². The van der Waals surface area contributed by atoms with Crippen LogP contribution in [0.4, 0.5) is 0 Å². The minimum atomic E-state index is -0.699. The highest BCUT2D eigenvalue weighted by Gasteiger charge is 2.34. The third-order valence-corrected chi connectivity index (χ3v) is 4.81. The topological polar surface area (TPSA) is 57.6 Å². The molecule has 0 radical (unpaired) electrons. The van der Waals surface area contributed by atoms with E-state index >= 15 is 0 Å². The molecule has 4 nitrogen and oxygen atoms in total. The van der Waals surface area contributed by atoms with Crippen LogP contribution in [0.3, 0.4) is 0 Å². The maximum absolute atomic E-state index is 12.6. The summed E-state index contributed by atoms with van der Waals surface area (Å²) >= 11 is 0. The molecular formula is C15H25NO3. The minimum absolute atomic E-state index is 0.0720. The van der Waals surface area contributed by atoms with Gasteiger partial charge in [0.2, 0.25) is 5.91 Å². The highest BCUT2D eigenvalue weighted by molar-refractivity contribution is 5.80. The lowest BCUT2D eigenvalue weighted by molar-refractivity contribution is -0.147. The van der Waals surface area contributed by atoms with E-state index in [0.29, 0.717) is 18.9 Å². The van der Waals surface area contributed by atoms with Crippen LogP contribution in [0.2, 0.25) is 0 Å². The number of hydrogen-bond donors (Lipinski definition) is 1. The first kappa shape index (κ1) is 14.4. The van der Waals surface area contributed by atoms with Crippen LogP contribution in [0.15, 0.2) is 0 Å². The van der Waals surface area contributed by atoms with E-state index in [4.69, 9.17) is 5.11 Å². The molecule has 1 unspecified atom stereocenters. The number of hydrogen-bond acceptors (Lipinski definition) is 2. The average molecular weight is 267 g/mol. The Morgan fingerprint density at radius 2 is 1.68 bits per heavy atom. The van der Waals surface area contributed by atoms with Gasteiger partial charge >= 0.3 is 5.97 Å². The van der Waals surface area contributed by atoms with Crippen LogP contribution < -0.4 is 0 Å². The predicted molar refractivity (Wildman–Crippen MR) is 72.7 cm³/mol. The molecule has 19 heavy (non-hydrogen) atoms. The normalized spacial score (nSPS) is 32.1. The summed E-state index contributed by atoms with van der Waals surface area (Å²) in [5, 5.41) is 9.00. The molecule has 2 rings (SSSR count). The lowest BCUT2D eigenvalue weighted by atomic mass is 9.81. The monoisotopic (exact) mass is 267 g/mol. The summed E-state index contributed by atoms with van der Waals surface area (Å²) in [5.41, 5.74) is 0. The molecule has 1 heterocycles. The summed E-state index contributed by atoms with van der Waals surface area (Å²) in [5.74, 6) is -0.569. The Bertz CT molecular complexity index is 334. The molecule has 1 saturated heterocycles. The second-order valence-corrected chi connectivity index (χ2v) is 5.98. The number of carboxylic acids is 1. The van der Waals surface area contributed by atoms with E-state index in [-0.39, 0.29) is 17.7 Å². The van der Waals surface area contributed by atoms with Crippen LogP contribution in [-0.2, 0) is 9.59 Å². The van der Waals surface area contributed by atoms with Crippen molar-refractivity contribution in [3.05, 3.63) is 0 Å². The van der Waals surface area contributed by atoms with Crippen molar-refractivity contribution in [1.82, 2.24) is 4.90 Å². The van der Waals surface area contributed by atoms with Crippen molar-refractivity contribution >= 4 is 11.9 Å². The van der Waals surface area contributed by atoms with Crippen molar-refractivity contribution in [1.29, 1.82) is 0 Å². The number of aliphatic carboxylic acids is 1. The molecule has 1 aliphatic heterocycles. The lowest BCUT2D eigenvalue weighted by Gasteiger charge is -2.38. The summed E-state index contributed by atoms with van der Waals surface area (Å²) in [6.07, 6.45) is 7.35. The third-order valence-electron chi connectivity index (χ3n) is 4.81. The lowest BCUT2D eigenvalue weighted by Crippen LogP contribution is -2.47.